The van der Waals surface area contributed by atoms with Gasteiger partial charge in [0.25, 0.3) is 10.8 Å². The van der Waals surface area contributed by atoms with Crippen LogP contribution in [-0.4, -0.2) is 44.9 Å². The van der Waals surface area contributed by atoms with Gasteiger partial charge in [0.1, 0.15) is 23.8 Å². The number of carbonyl (C=O) groups excluding carboxylic acids is 2. The fraction of sp³-hybridized carbons (Fsp3) is 0.222. The van der Waals surface area contributed by atoms with E-state index in [0.717, 1.165) is 11.1 Å². The Morgan fingerprint density at radius 2 is 2.07 bits per heavy atom. The number of aromatic amines is 1. The van der Waals surface area contributed by atoms with Crippen molar-refractivity contribution in [1.82, 2.24) is 14.9 Å². The van der Waals surface area contributed by atoms with Gasteiger partial charge < -0.3 is 14.6 Å². The number of thiophene rings is 1. The maximum Gasteiger partial charge on any atom is 0.326 e. The first kappa shape index (κ1) is 17.7. The van der Waals surface area contributed by atoms with E-state index in [0.29, 0.717) is 22.5 Å². The molecule has 1 amide bonds. The van der Waals surface area contributed by atoms with E-state index in [1.807, 2.05) is 35.7 Å². The molecule has 7 nitrogen and oxygen atoms in total. The van der Waals surface area contributed by atoms with Crippen LogP contribution in [0.15, 0.2) is 40.5 Å². The molecule has 0 spiro atoms. The van der Waals surface area contributed by atoms with Crippen molar-refractivity contribution in [1.29, 1.82) is 0 Å². The smallest absolute Gasteiger partial charge is 0.326 e. The third kappa shape index (κ3) is 3.74. The normalized spacial score (nSPS) is 14.1. The lowest BCUT2D eigenvalue weighted by Gasteiger charge is -2.13. The molecule has 1 aromatic carbocycles. The van der Waals surface area contributed by atoms with Crippen molar-refractivity contribution < 1.29 is 14.3 Å². The molecule has 1 saturated heterocycles. The Morgan fingerprint density at radius 1 is 1.26 bits per heavy atom. The molecule has 1 N–H and O–H groups in total. The Bertz CT molecular complexity index is 1060. The zero-order valence-electron chi connectivity index (χ0n) is 14.1. The van der Waals surface area contributed by atoms with Crippen LogP contribution >= 0.6 is 23.1 Å². The van der Waals surface area contributed by atoms with Crippen LogP contribution in [0.2, 0.25) is 0 Å². The molecule has 0 atom stereocenters. The standard InChI is InChI=1S/C18H15N3O4S2/c22-14(8-21-6-7-26-18(21)24)25-9-13-19-16(23)15-12(10-27-17(15)20-13)11-4-2-1-3-5-11/h1-5,10H,6-9H2,(H,19,20,23). The van der Waals surface area contributed by atoms with Crippen molar-refractivity contribution in [3.05, 3.63) is 51.9 Å². The Morgan fingerprint density at radius 3 is 2.81 bits per heavy atom. The number of thioether (sulfide) groups is 1. The third-order valence-electron chi connectivity index (χ3n) is 4.11. The minimum Gasteiger partial charge on any atom is -0.456 e. The number of fused-ring (bicyclic) bond motifs is 1. The van der Waals surface area contributed by atoms with Crippen molar-refractivity contribution >= 4 is 44.5 Å². The Kier molecular flexibility index (Phi) is 4.95. The van der Waals surface area contributed by atoms with Crippen LogP contribution in [0.4, 0.5) is 4.79 Å². The van der Waals surface area contributed by atoms with Gasteiger partial charge in [-0.3, -0.25) is 14.4 Å². The quantitative estimate of drug-likeness (QED) is 0.661. The molecule has 3 heterocycles. The minimum atomic E-state index is -0.523. The summed E-state index contributed by atoms with van der Waals surface area (Å²) in [5.74, 6) is 0.439. The fourth-order valence-corrected chi connectivity index (χ4v) is 4.60. The maximum absolute atomic E-state index is 12.5. The van der Waals surface area contributed by atoms with Crippen molar-refractivity contribution in [2.24, 2.45) is 0 Å². The highest BCUT2D eigenvalue weighted by molar-refractivity contribution is 8.13. The Hall–Kier alpha value is -2.65. The van der Waals surface area contributed by atoms with E-state index in [9.17, 15) is 14.4 Å². The van der Waals surface area contributed by atoms with Crippen LogP contribution < -0.4 is 5.56 Å². The number of carbonyl (C=O) groups is 2. The molecule has 2 aromatic heterocycles. The second-order valence-electron chi connectivity index (χ2n) is 5.90. The Balaban J connectivity index is 1.50. The summed E-state index contributed by atoms with van der Waals surface area (Å²) in [5.41, 5.74) is 1.51. The van der Waals surface area contributed by atoms with Crippen LogP contribution in [0.1, 0.15) is 5.82 Å². The monoisotopic (exact) mass is 401 g/mol. The summed E-state index contributed by atoms with van der Waals surface area (Å²) >= 11 is 2.56. The number of esters is 1. The van der Waals surface area contributed by atoms with Gasteiger partial charge in [0, 0.05) is 23.2 Å². The topological polar surface area (TPSA) is 92.4 Å². The predicted molar refractivity (Wildman–Crippen MR) is 105 cm³/mol. The van der Waals surface area contributed by atoms with Crippen LogP contribution in [0.25, 0.3) is 21.3 Å². The van der Waals surface area contributed by atoms with E-state index < -0.39 is 5.97 Å². The molecule has 9 heteroatoms. The molecule has 1 aliphatic heterocycles. The zero-order chi connectivity index (χ0) is 18.8. The van der Waals surface area contributed by atoms with Crippen molar-refractivity contribution in [2.45, 2.75) is 6.61 Å². The van der Waals surface area contributed by atoms with E-state index >= 15 is 0 Å². The molecule has 1 aliphatic rings. The van der Waals surface area contributed by atoms with Gasteiger partial charge in [0.05, 0.1) is 5.39 Å². The number of H-pyrrole nitrogens is 1. The molecule has 0 saturated carbocycles. The lowest BCUT2D eigenvalue weighted by molar-refractivity contribution is -0.145. The van der Waals surface area contributed by atoms with E-state index in [2.05, 4.69) is 9.97 Å². The lowest BCUT2D eigenvalue weighted by atomic mass is 10.1. The molecular weight excluding hydrogens is 386 g/mol. The van der Waals surface area contributed by atoms with Gasteiger partial charge in [-0.1, -0.05) is 42.1 Å². The van der Waals surface area contributed by atoms with E-state index in [4.69, 9.17) is 4.74 Å². The summed E-state index contributed by atoms with van der Waals surface area (Å²) in [4.78, 5) is 45.1. The summed E-state index contributed by atoms with van der Waals surface area (Å²) in [6, 6.07) is 9.63. The van der Waals surface area contributed by atoms with Crippen LogP contribution in [-0.2, 0) is 16.1 Å². The highest BCUT2D eigenvalue weighted by Gasteiger charge is 2.24. The first-order chi connectivity index (χ1) is 13.1. The number of ether oxygens (including phenoxy) is 1. The molecule has 0 radical (unpaired) electrons. The van der Waals surface area contributed by atoms with E-state index in [1.54, 1.807) is 0 Å². The number of aromatic nitrogens is 2. The largest absolute Gasteiger partial charge is 0.456 e. The molecular formula is C18H15N3O4S2. The van der Waals surface area contributed by atoms with Gasteiger partial charge in [-0.2, -0.15) is 0 Å². The van der Waals surface area contributed by atoms with Gasteiger partial charge in [-0.25, -0.2) is 4.98 Å². The minimum absolute atomic E-state index is 0.0878. The SMILES string of the molecule is O=C(CN1CCSC1=O)OCc1nc2scc(-c3ccccc3)c2c(=O)[nH]1. The second kappa shape index (κ2) is 7.53. The number of rotatable bonds is 5. The molecule has 1 fully saturated rings. The van der Waals surface area contributed by atoms with Crippen molar-refractivity contribution in [3.8, 4) is 11.1 Å². The van der Waals surface area contributed by atoms with E-state index in [-0.39, 0.29) is 29.8 Å². The highest BCUT2D eigenvalue weighted by Crippen LogP contribution is 2.30. The number of nitrogens with one attached hydrogen (secondary N) is 1. The number of amides is 1. The first-order valence-electron chi connectivity index (χ1n) is 8.25. The highest BCUT2D eigenvalue weighted by atomic mass is 32.2. The summed E-state index contributed by atoms with van der Waals surface area (Å²) in [6.45, 7) is 0.310. The first-order valence-corrected chi connectivity index (χ1v) is 10.1. The molecule has 3 aromatic rings. The lowest BCUT2D eigenvalue weighted by Crippen LogP contribution is -2.31. The maximum atomic E-state index is 12.5. The zero-order valence-corrected chi connectivity index (χ0v) is 15.8. The van der Waals surface area contributed by atoms with Crippen LogP contribution in [0.3, 0.4) is 0 Å². The van der Waals surface area contributed by atoms with Gasteiger partial charge in [-0.05, 0) is 5.56 Å². The van der Waals surface area contributed by atoms with Gasteiger partial charge in [-0.15, -0.1) is 11.3 Å². The number of hydrogen-bond donors (Lipinski definition) is 1. The van der Waals surface area contributed by atoms with Gasteiger partial charge in [0.15, 0.2) is 0 Å². The van der Waals surface area contributed by atoms with Gasteiger partial charge >= 0.3 is 5.97 Å². The number of benzene rings is 1. The summed E-state index contributed by atoms with van der Waals surface area (Å²) in [7, 11) is 0. The molecule has 4 rings (SSSR count). The summed E-state index contributed by atoms with van der Waals surface area (Å²) in [5, 5.41) is 2.31. The van der Waals surface area contributed by atoms with Crippen LogP contribution in [0.5, 0.6) is 0 Å². The van der Waals surface area contributed by atoms with Crippen molar-refractivity contribution in [2.75, 3.05) is 18.8 Å². The third-order valence-corrected chi connectivity index (χ3v) is 5.88. The van der Waals surface area contributed by atoms with E-state index in [1.165, 1.54) is 28.0 Å². The average molecular weight is 401 g/mol. The molecule has 0 aliphatic carbocycles. The molecule has 138 valence electrons. The number of nitrogens with zero attached hydrogens (tertiary/aromatic N) is 2. The van der Waals surface area contributed by atoms with Crippen molar-refractivity contribution in [3.63, 3.8) is 0 Å². The molecule has 27 heavy (non-hydrogen) atoms. The van der Waals surface area contributed by atoms with Crippen LogP contribution in [0, 0.1) is 0 Å². The van der Waals surface area contributed by atoms with Gasteiger partial charge in [0.2, 0.25) is 0 Å². The Labute approximate surface area is 162 Å². The number of hydrogen-bond acceptors (Lipinski definition) is 7. The molecule has 0 unspecified atom stereocenters. The summed E-state index contributed by atoms with van der Waals surface area (Å²) < 4.78 is 5.16. The average Bonchev–Trinajstić information content (AvgIpc) is 3.27. The predicted octanol–water partition coefficient (Wildman–Crippen LogP) is 2.86. The summed E-state index contributed by atoms with van der Waals surface area (Å²) in [6.07, 6.45) is 0. The second-order valence-corrected chi connectivity index (χ2v) is 7.81. The fourth-order valence-electron chi connectivity index (χ4n) is 2.81. The molecule has 0 bridgehead atoms.